The van der Waals surface area contributed by atoms with Gasteiger partial charge in [0.15, 0.2) is 0 Å². The number of hydrogen-bond acceptors (Lipinski definition) is 5. The van der Waals surface area contributed by atoms with Crippen molar-refractivity contribution in [2.75, 3.05) is 26.2 Å². The number of aromatic nitrogens is 4. The number of piperidine rings is 1. The van der Waals surface area contributed by atoms with E-state index in [1.54, 1.807) is 10.7 Å². The summed E-state index contributed by atoms with van der Waals surface area (Å²) >= 11 is 0. The first-order chi connectivity index (χ1) is 12.2. The van der Waals surface area contributed by atoms with Crippen molar-refractivity contribution in [3.8, 4) is 0 Å². The third-order valence-corrected chi connectivity index (χ3v) is 5.46. The Kier molecular flexibility index (Phi) is 4.65. The number of aryl methyl sites for hydroxylation is 1. The van der Waals surface area contributed by atoms with Crippen LogP contribution in [0.3, 0.4) is 0 Å². The molecule has 1 atom stereocenters. The molecule has 0 radical (unpaired) electrons. The summed E-state index contributed by atoms with van der Waals surface area (Å²) in [6.07, 6.45) is 9.17. The van der Waals surface area contributed by atoms with Gasteiger partial charge in [0.2, 0.25) is 5.82 Å². The first-order valence-electron chi connectivity index (χ1n) is 9.44. The molecular formula is C18H26N6O. The fourth-order valence-electron chi connectivity index (χ4n) is 4.04. The van der Waals surface area contributed by atoms with Gasteiger partial charge in [-0.2, -0.15) is 4.98 Å². The molecule has 4 heterocycles. The van der Waals surface area contributed by atoms with Gasteiger partial charge in [-0.25, -0.2) is 9.50 Å². The molecule has 0 spiro atoms. The highest BCUT2D eigenvalue weighted by molar-refractivity contribution is 5.91. The van der Waals surface area contributed by atoms with Gasteiger partial charge >= 0.3 is 0 Å². The molecule has 2 aliphatic heterocycles. The first kappa shape index (κ1) is 16.4. The molecule has 0 aliphatic carbocycles. The van der Waals surface area contributed by atoms with E-state index >= 15 is 0 Å². The molecule has 0 unspecified atom stereocenters. The molecule has 7 nitrogen and oxygen atoms in total. The van der Waals surface area contributed by atoms with Gasteiger partial charge in [0.05, 0.1) is 0 Å². The number of hydrogen-bond donors (Lipinski definition) is 0. The number of carbonyl (C=O) groups excluding carboxylic acids is 1. The molecule has 0 aromatic carbocycles. The Morgan fingerprint density at radius 1 is 1.12 bits per heavy atom. The molecular weight excluding hydrogens is 316 g/mol. The van der Waals surface area contributed by atoms with Crippen molar-refractivity contribution < 1.29 is 4.79 Å². The maximum atomic E-state index is 12.9. The summed E-state index contributed by atoms with van der Waals surface area (Å²) < 4.78 is 1.64. The normalized spacial score (nSPS) is 22.9. The maximum Gasteiger partial charge on any atom is 0.293 e. The quantitative estimate of drug-likeness (QED) is 0.834. The smallest absolute Gasteiger partial charge is 0.293 e. The highest BCUT2D eigenvalue weighted by Gasteiger charge is 2.30. The summed E-state index contributed by atoms with van der Waals surface area (Å²) in [6.45, 7) is 5.87. The van der Waals surface area contributed by atoms with Crippen LogP contribution >= 0.6 is 0 Å². The summed E-state index contributed by atoms with van der Waals surface area (Å²) in [5.41, 5.74) is 0.928. The van der Waals surface area contributed by atoms with E-state index in [0.717, 1.165) is 25.2 Å². The lowest BCUT2D eigenvalue weighted by molar-refractivity contribution is 0.0568. The van der Waals surface area contributed by atoms with Crippen molar-refractivity contribution in [1.82, 2.24) is 29.4 Å². The van der Waals surface area contributed by atoms with Gasteiger partial charge in [-0.15, -0.1) is 5.10 Å². The van der Waals surface area contributed by atoms with Gasteiger partial charge in [-0.1, -0.05) is 12.8 Å². The number of carbonyl (C=O) groups is 1. The third-order valence-electron chi connectivity index (χ3n) is 5.46. The second-order valence-corrected chi connectivity index (χ2v) is 7.23. The predicted octanol–water partition coefficient (Wildman–Crippen LogP) is 1.91. The number of rotatable bonds is 2. The number of amides is 1. The Balaban J connectivity index is 1.49. The predicted molar refractivity (Wildman–Crippen MR) is 94.5 cm³/mol. The van der Waals surface area contributed by atoms with Crippen LogP contribution in [0.25, 0.3) is 5.78 Å². The second-order valence-electron chi connectivity index (χ2n) is 7.23. The van der Waals surface area contributed by atoms with Gasteiger partial charge in [0.25, 0.3) is 11.7 Å². The lowest BCUT2D eigenvalue weighted by atomic mass is 10.0. The average molecular weight is 342 g/mol. The van der Waals surface area contributed by atoms with Crippen molar-refractivity contribution in [3.05, 3.63) is 23.8 Å². The van der Waals surface area contributed by atoms with Crippen LogP contribution in [0.1, 0.15) is 54.8 Å². The molecule has 134 valence electrons. The maximum absolute atomic E-state index is 12.9. The minimum atomic E-state index is -0.0654. The zero-order chi connectivity index (χ0) is 17.2. The van der Waals surface area contributed by atoms with E-state index in [4.69, 9.17) is 0 Å². The van der Waals surface area contributed by atoms with Gasteiger partial charge in [-0.3, -0.25) is 9.69 Å². The molecule has 0 N–H and O–H groups in total. The monoisotopic (exact) mass is 342 g/mol. The molecule has 7 heteroatoms. The van der Waals surface area contributed by atoms with E-state index in [9.17, 15) is 4.79 Å². The van der Waals surface area contributed by atoms with Crippen molar-refractivity contribution in [3.63, 3.8) is 0 Å². The SMILES string of the molecule is Cc1ccnc2nc(C(=O)N3CCC[C@@H](N4CCCCCC4)C3)nn12. The van der Waals surface area contributed by atoms with E-state index in [-0.39, 0.29) is 11.7 Å². The lowest BCUT2D eigenvalue weighted by Crippen LogP contribution is -2.50. The summed E-state index contributed by atoms with van der Waals surface area (Å²) in [4.78, 5) is 26.0. The average Bonchev–Trinajstić information content (AvgIpc) is 2.90. The van der Waals surface area contributed by atoms with Crippen LogP contribution in [0, 0.1) is 6.92 Å². The molecule has 2 saturated heterocycles. The van der Waals surface area contributed by atoms with E-state index < -0.39 is 0 Å². The van der Waals surface area contributed by atoms with Crippen LogP contribution < -0.4 is 0 Å². The van der Waals surface area contributed by atoms with Crippen LogP contribution in [0.15, 0.2) is 12.3 Å². The van der Waals surface area contributed by atoms with E-state index in [1.165, 1.54) is 45.2 Å². The molecule has 4 rings (SSSR count). The van der Waals surface area contributed by atoms with Gasteiger partial charge in [-0.05, 0) is 51.8 Å². The summed E-state index contributed by atoms with van der Waals surface area (Å²) in [5.74, 6) is 0.687. The van der Waals surface area contributed by atoms with E-state index in [2.05, 4.69) is 20.0 Å². The van der Waals surface area contributed by atoms with Crippen molar-refractivity contribution in [1.29, 1.82) is 0 Å². The van der Waals surface area contributed by atoms with Gasteiger partial charge < -0.3 is 4.90 Å². The fraction of sp³-hybridized carbons (Fsp3) is 0.667. The summed E-state index contributed by atoms with van der Waals surface area (Å²) in [5, 5.41) is 4.38. The van der Waals surface area contributed by atoms with Crippen LogP contribution in [0.5, 0.6) is 0 Å². The highest BCUT2D eigenvalue weighted by Crippen LogP contribution is 2.21. The molecule has 0 bridgehead atoms. The van der Waals surface area contributed by atoms with E-state index in [0.29, 0.717) is 11.8 Å². The molecule has 2 fully saturated rings. The Morgan fingerprint density at radius 3 is 2.68 bits per heavy atom. The van der Waals surface area contributed by atoms with Crippen molar-refractivity contribution >= 4 is 11.7 Å². The zero-order valence-corrected chi connectivity index (χ0v) is 14.9. The second kappa shape index (κ2) is 7.07. The van der Waals surface area contributed by atoms with E-state index in [1.807, 2.05) is 17.9 Å². The topological polar surface area (TPSA) is 66.6 Å². The Labute approximate surface area is 148 Å². The van der Waals surface area contributed by atoms with Crippen LogP contribution in [-0.2, 0) is 0 Å². The van der Waals surface area contributed by atoms with Crippen molar-refractivity contribution in [2.45, 2.75) is 51.5 Å². The van der Waals surface area contributed by atoms with Crippen LogP contribution in [0.4, 0.5) is 0 Å². The van der Waals surface area contributed by atoms with Gasteiger partial charge in [0.1, 0.15) is 0 Å². The van der Waals surface area contributed by atoms with Crippen molar-refractivity contribution in [2.24, 2.45) is 0 Å². The lowest BCUT2D eigenvalue weighted by Gasteiger charge is -2.38. The molecule has 0 saturated carbocycles. The largest absolute Gasteiger partial charge is 0.334 e. The standard InChI is InChI=1S/C18H26N6O/c1-14-8-9-19-18-20-16(21-24(14)18)17(25)23-12-6-7-15(13-23)22-10-4-2-3-5-11-22/h8-9,15H,2-7,10-13H2,1H3/t15-/m1/s1. The summed E-state index contributed by atoms with van der Waals surface area (Å²) in [6, 6.07) is 2.35. The minimum absolute atomic E-state index is 0.0654. The first-order valence-corrected chi connectivity index (χ1v) is 9.44. The highest BCUT2D eigenvalue weighted by atomic mass is 16.2. The number of likely N-dealkylation sites (tertiary alicyclic amines) is 2. The Hall–Kier alpha value is -2.02. The molecule has 25 heavy (non-hydrogen) atoms. The fourth-order valence-corrected chi connectivity index (χ4v) is 4.04. The zero-order valence-electron chi connectivity index (χ0n) is 14.9. The molecule has 2 aromatic heterocycles. The Bertz CT molecular complexity index is 749. The summed E-state index contributed by atoms with van der Waals surface area (Å²) in [7, 11) is 0. The molecule has 2 aromatic rings. The molecule has 2 aliphatic rings. The molecule has 1 amide bonds. The number of nitrogens with zero attached hydrogens (tertiary/aromatic N) is 6. The third kappa shape index (κ3) is 3.38. The van der Waals surface area contributed by atoms with Crippen LogP contribution in [-0.4, -0.2) is 67.5 Å². The van der Waals surface area contributed by atoms with Crippen LogP contribution in [0.2, 0.25) is 0 Å². The Morgan fingerprint density at radius 2 is 1.92 bits per heavy atom. The number of fused-ring (bicyclic) bond motifs is 1. The van der Waals surface area contributed by atoms with Gasteiger partial charge in [0, 0.05) is 31.0 Å². The minimum Gasteiger partial charge on any atom is -0.334 e.